The summed E-state index contributed by atoms with van der Waals surface area (Å²) in [5, 5.41) is 0. The van der Waals surface area contributed by atoms with Crippen molar-refractivity contribution in [2.24, 2.45) is 0 Å². The number of allylic oxidation sites excluding steroid dienone is 18. The van der Waals surface area contributed by atoms with Crippen LogP contribution in [0.15, 0.2) is 109 Å². The fourth-order valence-corrected chi connectivity index (χ4v) is 6.53. The summed E-state index contributed by atoms with van der Waals surface area (Å²) in [6.45, 7) is 6.42. The highest BCUT2D eigenvalue weighted by molar-refractivity contribution is 5.71. The second kappa shape index (κ2) is 50.7. The number of ether oxygens (including phenoxy) is 3. The maximum absolute atomic E-state index is 12.8. The third-order valence-corrected chi connectivity index (χ3v) is 10.4. The van der Waals surface area contributed by atoms with Gasteiger partial charge < -0.3 is 14.2 Å². The van der Waals surface area contributed by atoms with E-state index in [-0.39, 0.29) is 31.1 Å². The number of esters is 3. The smallest absolute Gasteiger partial charge is 0.306 e. The standard InChI is InChI=1S/C57H92O6/c1-4-7-10-13-16-19-21-23-25-27-29-31-33-35-38-41-44-47-50-56(59)62-53-54(52-61-55(58)49-46-43-40-37-18-15-12-9-6-3)63-57(60)51-48-45-42-39-36-34-32-30-28-26-24-22-20-17-14-11-8-5-2/h10,13,16,19,21-32,37,40,54H,4-9,11-12,14-15,17-18,20,33-36,38-39,41-53H2,1-3H3/b13-10-,19-16-,23-21-,24-22-,27-25-,28-26-,31-29-,32-30-,40-37-. The number of unbranched alkanes of at least 4 members (excludes halogenated alkanes) is 21. The van der Waals surface area contributed by atoms with Crippen LogP contribution in [-0.4, -0.2) is 37.2 Å². The molecule has 0 heterocycles. The van der Waals surface area contributed by atoms with Gasteiger partial charge in [-0.3, -0.25) is 14.4 Å². The molecule has 0 rings (SSSR count). The van der Waals surface area contributed by atoms with Crippen molar-refractivity contribution in [3.8, 4) is 0 Å². The summed E-state index contributed by atoms with van der Waals surface area (Å²) in [6.07, 6.45) is 67.9. The minimum absolute atomic E-state index is 0.111. The molecule has 0 aliphatic heterocycles. The van der Waals surface area contributed by atoms with E-state index in [1.165, 1.54) is 64.2 Å². The van der Waals surface area contributed by atoms with Crippen molar-refractivity contribution in [3.05, 3.63) is 109 Å². The first-order valence-electron chi connectivity index (χ1n) is 25.5. The fourth-order valence-electron chi connectivity index (χ4n) is 6.53. The Labute approximate surface area is 387 Å². The molecule has 0 N–H and O–H groups in total. The van der Waals surface area contributed by atoms with Gasteiger partial charge >= 0.3 is 17.9 Å². The Balaban J connectivity index is 4.47. The SMILES string of the molecule is CCC\C=C/C=C\C=C/C=C\C=C/CCCCCCCC(=O)OCC(COC(=O)CCC/C=C\CCCCCC)OC(=O)CCCCCCC\C=C/C=C\C=C/CCCCCCC. The van der Waals surface area contributed by atoms with Gasteiger partial charge in [-0.25, -0.2) is 0 Å². The number of rotatable bonds is 44. The second-order valence-corrected chi connectivity index (χ2v) is 16.5. The maximum atomic E-state index is 12.8. The third kappa shape index (κ3) is 49.0. The van der Waals surface area contributed by atoms with E-state index in [9.17, 15) is 14.4 Å². The molecule has 0 saturated carbocycles. The highest BCUT2D eigenvalue weighted by Crippen LogP contribution is 2.12. The quantitative estimate of drug-likeness (QED) is 0.0199. The average molecular weight is 873 g/mol. The van der Waals surface area contributed by atoms with Gasteiger partial charge in [-0.1, -0.05) is 220 Å². The number of hydrogen-bond acceptors (Lipinski definition) is 6. The van der Waals surface area contributed by atoms with Crippen molar-refractivity contribution in [1.29, 1.82) is 0 Å². The van der Waals surface area contributed by atoms with E-state index in [1.807, 2.05) is 36.5 Å². The molecule has 1 atom stereocenters. The molecule has 0 saturated heterocycles. The monoisotopic (exact) mass is 873 g/mol. The molecule has 0 aromatic carbocycles. The molecule has 0 radical (unpaired) electrons. The van der Waals surface area contributed by atoms with Crippen LogP contribution < -0.4 is 0 Å². The minimum Gasteiger partial charge on any atom is -0.462 e. The van der Waals surface area contributed by atoms with Gasteiger partial charge in [0, 0.05) is 19.3 Å². The first-order valence-corrected chi connectivity index (χ1v) is 25.5. The van der Waals surface area contributed by atoms with Crippen molar-refractivity contribution in [1.82, 2.24) is 0 Å². The molecule has 0 aromatic rings. The molecule has 6 heteroatoms. The molecule has 0 aromatic heterocycles. The van der Waals surface area contributed by atoms with E-state index in [4.69, 9.17) is 14.2 Å². The van der Waals surface area contributed by atoms with Gasteiger partial charge in [0.1, 0.15) is 13.2 Å². The summed E-state index contributed by atoms with van der Waals surface area (Å²) in [5.41, 5.74) is 0. The third-order valence-electron chi connectivity index (χ3n) is 10.4. The number of carbonyl (C=O) groups is 3. The summed E-state index contributed by atoms with van der Waals surface area (Å²) in [6, 6.07) is 0. The summed E-state index contributed by atoms with van der Waals surface area (Å²) in [7, 11) is 0. The van der Waals surface area contributed by atoms with Gasteiger partial charge in [-0.2, -0.15) is 0 Å². The van der Waals surface area contributed by atoms with Crippen LogP contribution in [0.5, 0.6) is 0 Å². The fraction of sp³-hybridized carbons (Fsp3) is 0.632. The lowest BCUT2D eigenvalue weighted by Crippen LogP contribution is -2.30. The molecule has 0 amide bonds. The van der Waals surface area contributed by atoms with Gasteiger partial charge in [0.05, 0.1) is 0 Å². The first-order chi connectivity index (χ1) is 31.0. The van der Waals surface area contributed by atoms with Crippen LogP contribution in [0.2, 0.25) is 0 Å². The topological polar surface area (TPSA) is 78.9 Å². The Hall–Kier alpha value is -3.93. The molecule has 0 bridgehead atoms. The van der Waals surface area contributed by atoms with E-state index >= 15 is 0 Å². The molecular weight excluding hydrogens is 781 g/mol. The maximum Gasteiger partial charge on any atom is 0.306 e. The molecule has 0 aliphatic rings. The van der Waals surface area contributed by atoms with Crippen LogP contribution >= 0.6 is 0 Å². The second-order valence-electron chi connectivity index (χ2n) is 16.5. The van der Waals surface area contributed by atoms with Crippen LogP contribution in [0.25, 0.3) is 0 Å². The van der Waals surface area contributed by atoms with Gasteiger partial charge in [-0.15, -0.1) is 0 Å². The largest absolute Gasteiger partial charge is 0.462 e. The van der Waals surface area contributed by atoms with Crippen molar-refractivity contribution in [2.45, 2.75) is 219 Å². The van der Waals surface area contributed by atoms with Gasteiger partial charge in [0.15, 0.2) is 6.10 Å². The van der Waals surface area contributed by atoms with Gasteiger partial charge in [0.2, 0.25) is 0 Å². The van der Waals surface area contributed by atoms with Gasteiger partial charge in [0.25, 0.3) is 0 Å². The van der Waals surface area contributed by atoms with Crippen molar-refractivity contribution in [3.63, 3.8) is 0 Å². The predicted octanol–water partition coefficient (Wildman–Crippen LogP) is 16.8. The van der Waals surface area contributed by atoms with Crippen LogP contribution in [-0.2, 0) is 28.6 Å². The Morgan fingerprint density at radius 1 is 0.317 bits per heavy atom. The zero-order chi connectivity index (χ0) is 45.8. The Bertz CT molecular complexity index is 1330. The van der Waals surface area contributed by atoms with Crippen molar-refractivity contribution >= 4 is 17.9 Å². The average Bonchev–Trinajstić information content (AvgIpc) is 3.28. The molecule has 0 fully saturated rings. The van der Waals surface area contributed by atoms with Gasteiger partial charge in [-0.05, 0) is 83.5 Å². The predicted molar refractivity (Wildman–Crippen MR) is 270 cm³/mol. The van der Waals surface area contributed by atoms with Crippen LogP contribution in [0.3, 0.4) is 0 Å². The zero-order valence-corrected chi connectivity index (χ0v) is 40.5. The summed E-state index contributed by atoms with van der Waals surface area (Å²) >= 11 is 0. The molecule has 0 spiro atoms. The molecule has 0 aliphatic carbocycles. The normalized spacial score (nSPS) is 13.0. The van der Waals surface area contributed by atoms with E-state index in [0.717, 1.165) is 103 Å². The number of hydrogen-bond donors (Lipinski definition) is 0. The Morgan fingerprint density at radius 3 is 1.08 bits per heavy atom. The lowest BCUT2D eigenvalue weighted by molar-refractivity contribution is -0.167. The highest BCUT2D eigenvalue weighted by Gasteiger charge is 2.19. The minimum atomic E-state index is -0.811. The van der Waals surface area contributed by atoms with E-state index < -0.39 is 6.10 Å². The van der Waals surface area contributed by atoms with E-state index in [2.05, 4.69) is 93.7 Å². The zero-order valence-electron chi connectivity index (χ0n) is 40.5. The lowest BCUT2D eigenvalue weighted by Gasteiger charge is -2.18. The lowest BCUT2D eigenvalue weighted by atomic mass is 10.1. The first kappa shape index (κ1) is 59.1. The highest BCUT2D eigenvalue weighted by atomic mass is 16.6. The summed E-state index contributed by atoms with van der Waals surface area (Å²) in [5.74, 6) is -0.997. The van der Waals surface area contributed by atoms with Crippen molar-refractivity contribution < 1.29 is 28.6 Å². The molecule has 6 nitrogen and oxygen atoms in total. The summed E-state index contributed by atoms with van der Waals surface area (Å²) < 4.78 is 16.7. The van der Waals surface area contributed by atoms with E-state index in [0.29, 0.717) is 25.7 Å². The van der Waals surface area contributed by atoms with Crippen LogP contribution in [0, 0.1) is 0 Å². The molecule has 356 valence electrons. The van der Waals surface area contributed by atoms with Crippen LogP contribution in [0.1, 0.15) is 213 Å². The van der Waals surface area contributed by atoms with Crippen LogP contribution in [0.4, 0.5) is 0 Å². The Kier molecular flexibility index (Phi) is 47.5. The molecular formula is C57H92O6. The Morgan fingerprint density at radius 2 is 0.635 bits per heavy atom. The molecule has 63 heavy (non-hydrogen) atoms. The van der Waals surface area contributed by atoms with E-state index in [1.54, 1.807) is 0 Å². The number of carbonyl (C=O) groups excluding carboxylic acids is 3. The molecule has 1 unspecified atom stereocenters. The van der Waals surface area contributed by atoms with Crippen molar-refractivity contribution in [2.75, 3.05) is 13.2 Å². The summed E-state index contributed by atoms with van der Waals surface area (Å²) in [4.78, 5) is 37.9.